The Labute approximate surface area is 277 Å². The van der Waals surface area contributed by atoms with E-state index in [4.69, 9.17) is 9.97 Å². The molecule has 2 aliphatic heterocycles. The summed E-state index contributed by atoms with van der Waals surface area (Å²) < 4.78 is 0. The molecule has 1 aliphatic carbocycles. The number of rotatable bonds is 10. The lowest BCUT2D eigenvalue weighted by Crippen LogP contribution is -2.57. The van der Waals surface area contributed by atoms with Crippen molar-refractivity contribution in [3.63, 3.8) is 0 Å². The minimum atomic E-state index is -0.272. The second-order valence-corrected chi connectivity index (χ2v) is 15.8. The zero-order valence-corrected chi connectivity index (χ0v) is 28.7. The van der Waals surface area contributed by atoms with Crippen LogP contribution in [0.3, 0.4) is 0 Å². The number of aryl methyl sites for hydroxylation is 1. The van der Waals surface area contributed by atoms with Gasteiger partial charge in [-0.3, -0.25) is 9.59 Å². The Kier molecular flexibility index (Phi) is 10.1. The van der Waals surface area contributed by atoms with Gasteiger partial charge in [0.25, 0.3) is 11.8 Å². The average molecular weight is 647 g/mol. The molecular formula is C36H50N6O3S. The Balaban J connectivity index is 1.19. The average Bonchev–Trinajstić information content (AvgIpc) is 3.44. The highest BCUT2D eigenvalue weighted by molar-refractivity contribution is 7.19. The van der Waals surface area contributed by atoms with Crippen LogP contribution in [0.2, 0.25) is 0 Å². The molecule has 10 heteroatoms. The molecule has 2 fully saturated rings. The highest BCUT2D eigenvalue weighted by Gasteiger charge is 2.31. The van der Waals surface area contributed by atoms with Crippen molar-refractivity contribution in [3.05, 3.63) is 57.7 Å². The van der Waals surface area contributed by atoms with Crippen LogP contribution in [0.15, 0.2) is 30.3 Å². The van der Waals surface area contributed by atoms with E-state index in [-0.39, 0.29) is 35.9 Å². The van der Waals surface area contributed by atoms with Crippen LogP contribution in [0.1, 0.15) is 95.9 Å². The zero-order valence-electron chi connectivity index (χ0n) is 27.8. The maximum Gasteiger partial charge on any atom is 0.280 e. The summed E-state index contributed by atoms with van der Waals surface area (Å²) in [5.74, 6) is 0.910. The summed E-state index contributed by atoms with van der Waals surface area (Å²) in [6.45, 7) is 11.7. The number of thiazole rings is 1. The van der Waals surface area contributed by atoms with Crippen molar-refractivity contribution in [1.82, 2.24) is 30.4 Å². The Morgan fingerprint density at radius 3 is 2.59 bits per heavy atom. The standard InChI is InChI=1S/C36H50N6O3S/c1-36(2,3)27-8-9-29-26(19-27)20-31-34(39-29)46-35(40-31)33(45)38-30(12-16-42-14-10-23(11-15-42)13-17-43)24-6-5-7-25(18-24)32(44)37-28-21-41(4)22-28/h5-7,18,20,23,27-28,30,43H,8-17,19,21-22H2,1-4H3,(H,37,44)(H,38,45)/t27-,30+/m0/s1. The fraction of sp³-hybridized carbons (Fsp3) is 0.611. The molecule has 0 bridgehead atoms. The van der Waals surface area contributed by atoms with Crippen LogP contribution in [-0.2, 0) is 12.8 Å². The molecule has 1 aromatic carbocycles. The van der Waals surface area contributed by atoms with Gasteiger partial charge in [0.1, 0.15) is 10.3 Å². The van der Waals surface area contributed by atoms with E-state index in [9.17, 15) is 14.7 Å². The van der Waals surface area contributed by atoms with Crippen LogP contribution in [0.5, 0.6) is 0 Å². The predicted octanol–water partition coefficient (Wildman–Crippen LogP) is 4.84. The van der Waals surface area contributed by atoms with E-state index in [2.05, 4.69) is 47.3 Å². The number of hydrogen-bond donors (Lipinski definition) is 3. The summed E-state index contributed by atoms with van der Waals surface area (Å²) in [4.78, 5) is 42.1. The first-order valence-corrected chi connectivity index (χ1v) is 17.9. The van der Waals surface area contributed by atoms with Crippen molar-refractivity contribution >= 4 is 33.5 Å². The SMILES string of the molecule is CN1CC(NC(=O)c2cccc([C@@H](CCN3CCC(CCO)CC3)NC(=O)c3nc4cc5c(nc4s3)CC[C@H](C(C)(C)C)C5)c2)C1. The van der Waals surface area contributed by atoms with Gasteiger partial charge < -0.3 is 25.5 Å². The molecule has 0 spiro atoms. The van der Waals surface area contributed by atoms with E-state index >= 15 is 0 Å². The van der Waals surface area contributed by atoms with Crippen LogP contribution >= 0.6 is 11.3 Å². The van der Waals surface area contributed by atoms with Crippen molar-refractivity contribution in [2.24, 2.45) is 17.3 Å². The van der Waals surface area contributed by atoms with E-state index < -0.39 is 0 Å². The third-order valence-corrected chi connectivity index (χ3v) is 11.4. The van der Waals surface area contributed by atoms with Gasteiger partial charge in [0, 0.05) is 37.5 Å². The normalized spacial score (nSPS) is 20.7. The van der Waals surface area contributed by atoms with Crippen LogP contribution in [0, 0.1) is 17.3 Å². The first-order chi connectivity index (χ1) is 22.1. The van der Waals surface area contributed by atoms with Crippen molar-refractivity contribution in [1.29, 1.82) is 0 Å². The topological polar surface area (TPSA) is 111 Å². The van der Waals surface area contributed by atoms with Crippen molar-refractivity contribution in [3.8, 4) is 0 Å². The molecule has 4 heterocycles. The lowest BCUT2D eigenvalue weighted by Gasteiger charge is -2.36. The van der Waals surface area contributed by atoms with Crippen LogP contribution in [-0.4, -0.2) is 89.1 Å². The number of fused-ring (bicyclic) bond motifs is 2. The van der Waals surface area contributed by atoms with Crippen molar-refractivity contribution in [2.45, 2.75) is 77.8 Å². The van der Waals surface area contributed by atoms with Gasteiger partial charge in [0.15, 0.2) is 5.01 Å². The molecule has 2 amide bonds. The van der Waals surface area contributed by atoms with E-state index in [1.807, 2.05) is 31.3 Å². The quantitative estimate of drug-likeness (QED) is 0.289. The van der Waals surface area contributed by atoms with E-state index in [0.717, 1.165) is 99.3 Å². The lowest BCUT2D eigenvalue weighted by atomic mass is 9.71. The number of aliphatic hydroxyl groups is 1. The summed E-state index contributed by atoms with van der Waals surface area (Å²) in [5, 5.41) is 16.2. The Hall–Kier alpha value is -2.92. The first kappa shape index (κ1) is 33.0. The lowest BCUT2D eigenvalue weighted by molar-refractivity contribution is 0.0857. The summed E-state index contributed by atoms with van der Waals surface area (Å²) in [6, 6.07) is 9.74. The number of likely N-dealkylation sites (tertiary alicyclic amines) is 2. The number of amides is 2. The number of carbonyl (C=O) groups excluding carboxylic acids is 2. The minimum absolute atomic E-state index is 0.0779. The van der Waals surface area contributed by atoms with Crippen LogP contribution in [0.4, 0.5) is 0 Å². The molecule has 0 unspecified atom stereocenters. The highest BCUT2D eigenvalue weighted by Crippen LogP contribution is 2.38. The van der Waals surface area contributed by atoms with Crippen molar-refractivity contribution in [2.75, 3.05) is 46.4 Å². The molecule has 9 nitrogen and oxygen atoms in total. The number of nitrogens with zero attached hydrogens (tertiary/aromatic N) is 4. The molecule has 248 valence electrons. The maximum absolute atomic E-state index is 13.8. The number of carbonyl (C=O) groups is 2. The number of nitrogens with one attached hydrogen (secondary N) is 2. The maximum atomic E-state index is 13.8. The summed E-state index contributed by atoms with van der Waals surface area (Å²) in [5.41, 5.74) is 4.99. The molecule has 3 N–H and O–H groups in total. The first-order valence-electron chi connectivity index (χ1n) is 17.1. The van der Waals surface area contributed by atoms with Crippen molar-refractivity contribution < 1.29 is 14.7 Å². The summed E-state index contributed by atoms with van der Waals surface area (Å²) >= 11 is 1.36. The number of aromatic nitrogens is 2. The fourth-order valence-electron chi connectivity index (χ4n) is 7.34. The van der Waals surface area contributed by atoms with Gasteiger partial charge in [0.05, 0.1) is 12.1 Å². The fourth-order valence-corrected chi connectivity index (χ4v) is 8.18. The number of aliphatic hydroxyl groups excluding tert-OH is 1. The zero-order chi connectivity index (χ0) is 32.4. The molecule has 0 radical (unpaired) electrons. The van der Waals surface area contributed by atoms with E-state index in [1.54, 1.807) is 0 Å². The number of piperidine rings is 1. The highest BCUT2D eigenvalue weighted by atomic mass is 32.1. The third-order valence-electron chi connectivity index (χ3n) is 10.4. The Morgan fingerprint density at radius 2 is 1.87 bits per heavy atom. The number of hydrogen-bond acceptors (Lipinski definition) is 8. The van der Waals surface area contributed by atoms with Gasteiger partial charge >= 0.3 is 0 Å². The minimum Gasteiger partial charge on any atom is -0.396 e. The molecule has 6 rings (SSSR count). The van der Waals surface area contributed by atoms with Gasteiger partial charge in [-0.15, -0.1) is 0 Å². The molecule has 2 saturated heterocycles. The van der Waals surface area contributed by atoms with Gasteiger partial charge in [-0.2, -0.15) is 0 Å². The van der Waals surface area contributed by atoms with Gasteiger partial charge in [-0.1, -0.05) is 44.2 Å². The van der Waals surface area contributed by atoms with Crippen LogP contribution in [0.25, 0.3) is 10.3 Å². The molecular weight excluding hydrogens is 597 g/mol. The van der Waals surface area contributed by atoms with E-state index in [0.29, 0.717) is 22.4 Å². The molecule has 3 aromatic rings. The summed E-state index contributed by atoms with van der Waals surface area (Å²) in [7, 11) is 2.05. The number of benzene rings is 1. The van der Waals surface area contributed by atoms with Gasteiger partial charge in [-0.05, 0) is 112 Å². The Morgan fingerprint density at radius 1 is 1.09 bits per heavy atom. The Bertz CT molecular complexity index is 1540. The molecule has 3 aliphatic rings. The molecule has 2 atom stereocenters. The third kappa shape index (κ3) is 7.78. The van der Waals surface area contributed by atoms with E-state index in [1.165, 1.54) is 16.9 Å². The predicted molar refractivity (Wildman–Crippen MR) is 183 cm³/mol. The van der Waals surface area contributed by atoms with Gasteiger partial charge in [-0.25, -0.2) is 9.97 Å². The number of pyridine rings is 1. The molecule has 2 aromatic heterocycles. The smallest absolute Gasteiger partial charge is 0.280 e. The molecule has 0 saturated carbocycles. The van der Waals surface area contributed by atoms with Gasteiger partial charge in [0.2, 0.25) is 0 Å². The monoisotopic (exact) mass is 646 g/mol. The second-order valence-electron chi connectivity index (χ2n) is 14.9. The largest absolute Gasteiger partial charge is 0.396 e. The second kappa shape index (κ2) is 14.1. The molecule has 46 heavy (non-hydrogen) atoms. The van der Waals surface area contributed by atoms with Crippen LogP contribution < -0.4 is 10.6 Å². The number of likely N-dealkylation sites (N-methyl/N-ethyl adjacent to an activating group) is 1. The summed E-state index contributed by atoms with van der Waals surface area (Å²) in [6.07, 6.45) is 6.87.